The number of ether oxygens (including phenoxy) is 1. The van der Waals surface area contributed by atoms with Crippen LogP contribution in [0.2, 0.25) is 0 Å². The van der Waals surface area contributed by atoms with Crippen molar-refractivity contribution in [1.82, 2.24) is 10.2 Å². The molecule has 0 aromatic heterocycles. The Bertz CT molecular complexity index is 685. The summed E-state index contributed by atoms with van der Waals surface area (Å²) in [5, 5.41) is 29.0. The second kappa shape index (κ2) is 6.24. The van der Waals surface area contributed by atoms with Crippen molar-refractivity contribution in [3.05, 3.63) is 0 Å². The number of hydrogen-bond donors (Lipinski definition) is 4. The summed E-state index contributed by atoms with van der Waals surface area (Å²) in [6, 6.07) is 0. The minimum absolute atomic E-state index is 0.109. The molecule has 3 aliphatic rings. The van der Waals surface area contributed by atoms with Gasteiger partial charge < -0.3 is 14.9 Å². The van der Waals surface area contributed by atoms with Gasteiger partial charge in [-0.25, -0.2) is 4.89 Å². The normalized spacial score (nSPS) is 37.0. The molecule has 5 atom stereocenters. The number of nitrogens with zero attached hydrogens (tertiary/aromatic N) is 3. The molecule has 3 unspecified atom stereocenters. The largest absolute Gasteiger partial charge is 0.549 e. The van der Waals surface area contributed by atoms with Crippen LogP contribution in [-0.2, 0) is 19.3 Å². The Hall–Kier alpha value is -2.13. The molecule has 0 aromatic carbocycles. The smallest absolute Gasteiger partial charge is 0.394 e. The first-order chi connectivity index (χ1) is 12.1. The van der Waals surface area contributed by atoms with E-state index in [1.165, 1.54) is 6.92 Å². The molecular formula is C12H14F3N5O6. The minimum atomic E-state index is -5.14. The van der Waals surface area contributed by atoms with Crippen molar-refractivity contribution in [2.45, 2.75) is 43.4 Å². The van der Waals surface area contributed by atoms with Crippen LogP contribution in [0.25, 0.3) is 0 Å². The molecule has 0 spiro atoms. The number of aliphatic imine (C=N–C) groups is 2. The maximum Gasteiger partial charge on any atom is 0.549 e. The van der Waals surface area contributed by atoms with Crippen molar-refractivity contribution in [3.8, 4) is 0 Å². The van der Waals surface area contributed by atoms with Crippen molar-refractivity contribution in [2.75, 3.05) is 6.61 Å². The summed E-state index contributed by atoms with van der Waals surface area (Å²) < 4.78 is 42.2. The molecule has 14 heteroatoms. The highest BCUT2D eigenvalue weighted by Crippen LogP contribution is 2.33. The third kappa shape index (κ3) is 3.05. The van der Waals surface area contributed by atoms with Gasteiger partial charge in [0, 0.05) is 0 Å². The van der Waals surface area contributed by atoms with Gasteiger partial charge in [0.05, 0.1) is 12.9 Å². The van der Waals surface area contributed by atoms with E-state index < -0.39 is 54.9 Å². The number of fused-ring (bicyclic) bond motifs is 1. The number of amidine groups is 1. The number of halogens is 3. The Balaban J connectivity index is 1.89. The van der Waals surface area contributed by atoms with E-state index in [2.05, 4.69) is 25.1 Å². The Morgan fingerprint density at radius 3 is 2.85 bits per heavy atom. The van der Waals surface area contributed by atoms with Gasteiger partial charge in [-0.15, -0.1) is 18.1 Å². The van der Waals surface area contributed by atoms with Gasteiger partial charge in [0.1, 0.15) is 12.2 Å². The average Bonchev–Trinajstić information content (AvgIpc) is 3.03. The lowest BCUT2D eigenvalue weighted by Gasteiger charge is -2.32. The molecule has 1 saturated heterocycles. The highest BCUT2D eigenvalue weighted by atomic mass is 19.4. The molecule has 3 aliphatic heterocycles. The number of alkyl halides is 3. The van der Waals surface area contributed by atoms with E-state index in [0.29, 0.717) is 0 Å². The average molecular weight is 381 g/mol. The van der Waals surface area contributed by atoms with Gasteiger partial charge in [0.15, 0.2) is 23.7 Å². The lowest BCUT2D eigenvalue weighted by molar-refractivity contribution is -0.502. The van der Waals surface area contributed by atoms with Crippen LogP contribution in [0.5, 0.6) is 0 Å². The molecule has 0 aliphatic carbocycles. The van der Waals surface area contributed by atoms with Crippen molar-refractivity contribution >= 4 is 24.0 Å². The molecule has 26 heavy (non-hydrogen) atoms. The predicted octanol–water partition coefficient (Wildman–Crippen LogP) is -1.53. The van der Waals surface area contributed by atoms with Gasteiger partial charge in [0.25, 0.3) is 5.91 Å². The maximum absolute atomic E-state index is 12.3. The van der Waals surface area contributed by atoms with Gasteiger partial charge in [-0.05, 0) is 6.92 Å². The molecule has 1 amide bonds. The van der Waals surface area contributed by atoms with Crippen LogP contribution in [0.1, 0.15) is 6.92 Å². The monoisotopic (exact) mass is 381 g/mol. The Morgan fingerprint density at radius 1 is 1.54 bits per heavy atom. The van der Waals surface area contributed by atoms with E-state index in [-0.39, 0.29) is 5.84 Å². The molecular weight excluding hydrogens is 367 g/mol. The number of carbonyl (C=O) groups is 1. The number of hydrogen-bond acceptors (Lipinski definition) is 9. The number of rotatable bonds is 4. The summed E-state index contributed by atoms with van der Waals surface area (Å²) in [5.41, 5.74) is -1.54. The van der Waals surface area contributed by atoms with Crippen molar-refractivity contribution < 1.29 is 42.7 Å². The van der Waals surface area contributed by atoms with Crippen LogP contribution in [0, 0.1) is 5.41 Å². The third-order valence-corrected chi connectivity index (χ3v) is 4.03. The van der Waals surface area contributed by atoms with E-state index >= 15 is 0 Å². The van der Waals surface area contributed by atoms with Gasteiger partial charge in [-0.2, -0.15) is 4.99 Å². The number of aliphatic hydroxyl groups is 2. The van der Waals surface area contributed by atoms with E-state index in [9.17, 15) is 28.2 Å². The first-order valence-corrected chi connectivity index (χ1v) is 7.25. The fraction of sp³-hybridized carbons (Fsp3) is 0.667. The van der Waals surface area contributed by atoms with Crippen LogP contribution >= 0.6 is 0 Å². The van der Waals surface area contributed by atoms with E-state index in [1.54, 1.807) is 0 Å². The summed E-state index contributed by atoms with van der Waals surface area (Å²) in [6.45, 7) is 0.662. The molecule has 0 aromatic rings. The van der Waals surface area contributed by atoms with E-state index in [0.717, 1.165) is 11.2 Å². The summed E-state index contributed by atoms with van der Waals surface area (Å²) in [7, 11) is 0. The van der Waals surface area contributed by atoms with Crippen LogP contribution in [-0.4, -0.2) is 82.2 Å². The molecule has 11 nitrogen and oxygen atoms in total. The first-order valence-electron chi connectivity index (χ1n) is 7.25. The predicted molar refractivity (Wildman–Crippen MR) is 75.8 cm³/mol. The molecule has 0 radical (unpaired) electrons. The van der Waals surface area contributed by atoms with Gasteiger partial charge >= 0.3 is 6.36 Å². The zero-order valence-corrected chi connectivity index (χ0v) is 13.1. The Labute approximate surface area is 143 Å². The molecule has 144 valence electrons. The highest BCUT2D eigenvalue weighted by Gasteiger charge is 2.56. The van der Waals surface area contributed by atoms with Gasteiger partial charge in [-0.3, -0.25) is 25.4 Å². The maximum atomic E-state index is 12.3. The quantitative estimate of drug-likeness (QED) is 0.341. The van der Waals surface area contributed by atoms with Crippen LogP contribution < -0.4 is 5.32 Å². The van der Waals surface area contributed by atoms with E-state index in [4.69, 9.17) is 10.1 Å². The van der Waals surface area contributed by atoms with Crippen molar-refractivity contribution in [1.29, 1.82) is 5.41 Å². The minimum Gasteiger partial charge on any atom is -0.394 e. The summed E-state index contributed by atoms with van der Waals surface area (Å²) >= 11 is 0. The number of aliphatic hydroxyl groups excluding tert-OH is 2. The molecule has 4 N–H and O–H groups in total. The standard InChI is InChI=1S/C12H14F3N5O6/c1-11-8(18-10(16)19-9(11)23)20(3-17-11)7-6(25-26-12(13,14)15)5(22)4(2-21)24-7/h3-7,21-22H,2H2,1H3,(H2,16,19,23)/t4-,5?,6?,7-,11?/m1/s1. The van der Waals surface area contributed by atoms with Crippen molar-refractivity contribution in [2.24, 2.45) is 9.98 Å². The Morgan fingerprint density at radius 2 is 2.23 bits per heavy atom. The molecule has 1 fully saturated rings. The number of guanidine groups is 1. The summed E-state index contributed by atoms with van der Waals surface area (Å²) in [6.07, 6.45) is -10.2. The fourth-order valence-corrected chi connectivity index (χ4v) is 2.72. The summed E-state index contributed by atoms with van der Waals surface area (Å²) in [4.78, 5) is 28.5. The number of amides is 1. The zero-order chi connectivity index (χ0) is 19.3. The van der Waals surface area contributed by atoms with Crippen molar-refractivity contribution in [3.63, 3.8) is 0 Å². The second-order valence-corrected chi connectivity index (χ2v) is 5.79. The molecule has 3 rings (SSSR count). The van der Waals surface area contributed by atoms with E-state index in [1.807, 2.05) is 0 Å². The van der Waals surface area contributed by atoms with Gasteiger partial charge in [0.2, 0.25) is 5.96 Å². The molecule has 3 heterocycles. The molecule has 0 bridgehead atoms. The Kier molecular flexibility index (Phi) is 4.48. The number of carbonyl (C=O) groups excluding carboxylic acids is 1. The lowest BCUT2D eigenvalue weighted by atomic mass is 9.99. The SMILES string of the molecule is CC12N=CN([C@@H]3O[C@H](CO)C(O)C3OOC(F)(F)F)C1=NC(=N)NC2=O. The van der Waals surface area contributed by atoms with Crippen LogP contribution in [0.15, 0.2) is 9.98 Å². The fourth-order valence-electron chi connectivity index (χ4n) is 2.72. The highest BCUT2D eigenvalue weighted by molar-refractivity contribution is 6.26. The number of nitrogens with one attached hydrogen (secondary N) is 2. The van der Waals surface area contributed by atoms with Gasteiger partial charge in [-0.1, -0.05) is 0 Å². The lowest BCUT2D eigenvalue weighted by Crippen LogP contribution is -2.59. The zero-order valence-electron chi connectivity index (χ0n) is 13.1. The first kappa shape index (κ1) is 18.7. The van der Waals surface area contributed by atoms with Crippen LogP contribution in [0.4, 0.5) is 13.2 Å². The summed E-state index contributed by atoms with van der Waals surface area (Å²) in [5.74, 6) is -1.28. The topological polar surface area (TPSA) is 149 Å². The van der Waals surface area contributed by atoms with Crippen LogP contribution in [0.3, 0.4) is 0 Å². The third-order valence-electron chi connectivity index (χ3n) is 4.03. The second-order valence-electron chi connectivity index (χ2n) is 5.79. The molecule has 0 saturated carbocycles.